The largest absolute Gasteiger partial charge is 0.355 e. The Hall–Kier alpha value is -2.98. The van der Waals surface area contributed by atoms with Gasteiger partial charge < -0.3 is 10.6 Å². The molecule has 0 saturated heterocycles. The topological polar surface area (TPSA) is 126 Å². The highest BCUT2D eigenvalue weighted by molar-refractivity contribution is 7.88. The first kappa shape index (κ1) is 22.3. The lowest BCUT2D eigenvalue weighted by atomic mass is 10.1. The molecule has 0 fully saturated rings. The van der Waals surface area contributed by atoms with Gasteiger partial charge in [-0.3, -0.25) is 10.1 Å². The summed E-state index contributed by atoms with van der Waals surface area (Å²) in [5, 5.41) is 17.1. The summed E-state index contributed by atoms with van der Waals surface area (Å²) in [6, 6.07) is 16.0. The number of hydrogen-bond acceptors (Lipinski definition) is 5. The zero-order valence-electron chi connectivity index (χ0n) is 16.3. The van der Waals surface area contributed by atoms with Gasteiger partial charge in [-0.15, -0.1) is 0 Å². The van der Waals surface area contributed by atoms with E-state index in [1.807, 2.05) is 37.3 Å². The minimum atomic E-state index is -3.26. The molecule has 2 aromatic carbocycles. The van der Waals surface area contributed by atoms with Crippen molar-refractivity contribution in [3.63, 3.8) is 0 Å². The number of sulfonamides is 1. The van der Waals surface area contributed by atoms with Gasteiger partial charge in [-0.2, -0.15) is 0 Å². The first-order chi connectivity index (χ1) is 13.7. The van der Waals surface area contributed by atoms with Crippen LogP contribution >= 0.6 is 0 Å². The Balaban J connectivity index is 2.05. The molecular weight excluding hydrogens is 394 g/mol. The van der Waals surface area contributed by atoms with Gasteiger partial charge in [0.2, 0.25) is 10.0 Å². The second kappa shape index (κ2) is 10.5. The molecule has 0 radical (unpaired) electrons. The van der Waals surface area contributed by atoms with E-state index in [0.717, 1.165) is 17.4 Å². The van der Waals surface area contributed by atoms with Crippen molar-refractivity contribution in [2.24, 2.45) is 4.99 Å². The van der Waals surface area contributed by atoms with Gasteiger partial charge in [0.25, 0.3) is 5.69 Å². The number of hydrogen-bond donors (Lipinski definition) is 3. The Bertz CT molecular complexity index is 931. The maximum Gasteiger partial charge on any atom is 0.269 e. The van der Waals surface area contributed by atoms with Crippen molar-refractivity contribution >= 4 is 21.7 Å². The number of aliphatic imine (C=N–C) groups is 1. The van der Waals surface area contributed by atoms with Gasteiger partial charge in [0.05, 0.1) is 23.8 Å². The monoisotopic (exact) mass is 419 g/mol. The fourth-order valence-electron chi connectivity index (χ4n) is 2.49. The van der Waals surface area contributed by atoms with Crippen LogP contribution in [0.15, 0.2) is 59.6 Å². The van der Waals surface area contributed by atoms with Crippen molar-refractivity contribution in [3.8, 4) is 0 Å². The van der Waals surface area contributed by atoms with E-state index in [4.69, 9.17) is 0 Å². The molecular formula is C19H25N5O4S. The van der Waals surface area contributed by atoms with Crippen molar-refractivity contribution in [1.82, 2.24) is 15.4 Å². The van der Waals surface area contributed by atoms with Crippen LogP contribution in [0.4, 0.5) is 5.69 Å². The van der Waals surface area contributed by atoms with Crippen LogP contribution < -0.4 is 15.4 Å². The average Bonchev–Trinajstić information content (AvgIpc) is 2.69. The molecule has 0 bridgehead atoms. The lowest BCUT2D eigenvalue weighted by Crippen LogP contribution is -2.42. The van der Waals surface area contributed by atoms with Crippen LogP contribution in [0.5, 0.6) is 0 Å². The summed E-state index contributed by atoms with van der Waals surface area (Å²) in [6.45, 7) is 2.87. The van der Waals surface area contributed by atoms with Gasteiger partial charge in [0, 0.05) is 25.2 Å². The van der Waals surface area contributed by atoms with E-state index in [1.165, 1.54) is 12.1 Å². The van der Waals surface area contributed by atoms with E-state index in [0.29, 0.717) is 19.0 Å². The quantitative estimate of drug-likeness (QED) is 0.187. The molecule has 0 aliphatic heterocycles. The third-order valence-corrected chi connectivity index (χ3v) is 4.73. The number of nitrogens with zero attached hydrogens (tertiary/aromatic N) is 2. The van der Waals surface area contributed by atoms with E-state index in [2.05, 4.69) is 20.3 Å². The molecule has 9 nitrogen and oxygen atoms in total. The molecule has 3 N–H and O–H groups in total. The van der Waals surface area contributed by atoms with Crippen molar-refractivity contribution in [1.29, 1.82) is 0 Å². The fraction of sp³-hybridized carbons (Fsp3) is 0.316. The van der Waals surface area contributed by atoms with Crippen LogP contribution in [0.2, 0.25) is 0 Å². The predicted octanol–water partition coefficient (Wildman–Crippen LogP) is 1.94. The summed E-state index contributed by atoms with van der Waals surface area (Å²) in [4.78, 5) is 14.8. The number of benzene rings is 2. The van der Waals surface area contributed by atoms with Gasteiger partial charge in [-0.05, 0) is 18.1 Å². The second-order valence-electron chi connectivity index (χ2n) is 6.46. The highest BCUT2D eigenvalue weighted by atomic mass is 32.2. The van der Waals surface area contributed by atoms with Gasteiger partial charge in [0.15, 0.2) is 5.96 Å². The molecule has 1 atom stereocenters. The second-order valence-corrected chi connectivity index (χ2v) is 8.29. The molecule has 2 aromatic rings. The zero-order valence-corrected chi connectivity index (χ0v) is 17.1. The SMILES string of the molecule is CC(NC(=NCc1ccc([N+](=O)[O-])cc1)NCCNS(C)(=O)=O)c1ccccc1. The van der Waals surface area contributed by atoms with E-state index in [1.54, 1.807) is 12.1 Å². The number of rotatable bonds is 9. The molecule has 0 saturated carbocycles. The van der Waals surface area contributed by atoms with E-state index >= 15 is 0 Å². The minimum Gasteiger partial charge on any atom is -0.355 e. The third kappa shape index (κ3) is 8.28. The van der Waals surface area contributed by atoms with Gasteiger partial charge in [-0.25, -0.2) is 18.1 Å². The van der Waals surface area contributed by atoms with Gasteiger partial charge >= 0.3 is 0 Å². The van der Waals surface area contributed by atoms with Crippen LogP contribution in [0, 0.1) is 10.1 Å². The number of nitrogens with one attached hydrogen (secondary N) is 3. The third-order valence-electron chi connectivity index (χ3n) is 4.00. The lowest BCUT2D eigenvalue weighted by molar-refractivity contribution is -0.384. The number of non-ortho nitro benzene ring substituents is 1. The van der Waals surface area contributed by atoms with E-state index in [-0.39, 0.29) is 18.3 Å². The summed E-state index contributed by atoms with van der Waals surface area (Å²) in [5.74, 6) is 0.509. The average molecular weight is 420 g/mol. The predicted molar refractivity (Wildman–Crippen MR) is 113 cm³/mol. The summed E-state index contributed by atoms with van der Waals surface area (Å²) < 4.78 is 24.8. The summed E-state index contributed by atoms with van der Waals surface area (Å²) in [7, 11) is -3.26. The molecule has 2 rings (SSSR count). The highest BCUT2D eigenvalue weighted by Gasteiger charge is 2.09. The van der Waals surface area contributed by atoms with E-state index in [9.17, 15) is 18.5 Å². The lowest BCUT2D eigenvalue weighted by Gasteiger charge is -2.19. The molecule has 10 heteroatoms. The number of nitro benzene ring substituents is 1. The van der Waals surface area contributed by atoms with Gasteiger partial charge in [-0.1, -0.05) is 42.5 Å². The van der Waals surface area contributed by atoms with Crippen molar-refractivity contribution in [2.45, 2.75) is 19.5 Å². The molecule has 0 aliphatic rings. The first-order valence-electron chi connectivity index (χ1n) is 9.02. The Morgan fingerprint density at radius 2 is 1.76 bits per heavy atom. The van der Waals surface area contributed by atoms with Crippen LogP contribution in [0.25, 0.3) is 0 Å². The Kier molecular flexibility index (Phi) is 8.10. The minimum absolute atomic E-state index is 0.0258. The summed E-state index contributed by atoms with van der Waals surface area (Å²) in [5.41, 5.74) is 1.92. The van der Waals surface area contributed by atoms with Crippen molar-refractivity contribution in [3.05, 3.63) is 75.8 Å². The van der Waals surface area contributed by atoms with Crippen molar-refractivity contribution < 1.29 is 13.3 Å². The Morgan fingerprint density at radius 1 is 1.10 bits per heavy atom. The molecule has 0 amide bonds. The number of guanidine groups is 1. The molecule has 0 aliphatic carbocycles. The fourth-order valence-corrected chi connectivity index (χ4v) is 2.97. The van der Waals surface area contributed by atoms with Crippen molar-refractivity contribution in [2.75, 3.05) is 19.3 Å². The maximum atomic E-state index is 11.2. The standard InChI is InChI=1S/C19H25N5O4S/c1-15(17-6-4-3-5-7-17)23-19(20-12-13-22-29(2,27)28)21-14-16-8-10-18(11-9-16)24(25)26/h3-11,15,22H,12-14H2,1-2H3,(H2,20,21,23). The van der Waals surface area contributed by atoms with Gasteiger partial charge in [0.1, 0.15) is 0 Å². The zero-order chi connectivity index (χ0) is 21.3. The van der Waals surface area contributed by atoms with Crippen LogP contribution in [-0.2, 0) is 16.6 Å². The highest BCUT2D eigenvalue weighted by Crippen LogP contribution is 2.13. The normalized spacial score (nSPS) is 13.0. The maximum absolute atomic E-state index is 11.2. The first-order valence-corrected chi connectivity index (χ1v) is 10.9. The Labute approximate surface area is 170 Å². The molecule has 1 unspecified atom stereocenters. The molecule has 0 aromatic heterocycles. The van der Waals surface area contributed by atoms with Crippen LogP contribution in [-0.4, -0.2) is 38.6 Å². The summed E-state index contributed by atoms with van der Waals surface area (Å²) >= 11 is 0. The molecule has 156 valence electrons. The Morgan fingerprint density at radius 3 is 2.34 bits per heavy atom. The smallest absolute Gasteiger partial charge is 0.269 e. The van der Waals surface area contributed by atoms with Crippen LogP contribution in [0.1, 0.15) is 24.1 Å². The molecule has 0 spiro atoms. The summed E-state index contributed by atoms with van der Waals surface area (Å²) in [6.07, 6.45) is 1.10. The number of nitro groups is 1. The van der Waals surface area contributed by atoms with E-state index < -0.39 is 14.9 Å². The molecule has 29 heavy (non-hydrogen) atoms. The molecule has 0 heterocycles. The van der Waals surface area contributed by atoms with Crippen LogP contribution in [0.3, 0.4) is 0 Å².